The summed E-state index contributed by atoms with van der Waals surface area (Å²) in [7, 11) is 1.36. The van der Waals surface area contributed by atoms with Crippen molar-refractivity contribution in [2.75, 3.05) is 25.1 Å². The minimum absolute atomic E-state index is 0.129. The summed E-state index contributed by atoms with van der Waals surface area (Å²) >= 11 is 0. The van der Waals surface area contributed by atoms with Crippen LogP contribution in [0.5, 0.6) is 5.75 Å². The van der Waals surface area contributed by atoms with E-state index >= 15 is 0 Å². The highest BCUT2D eigenvalue weighted by molar-refractivity contribution is 5.88. The third-order valence-corrected chi connectivity index (χ3v) is 2.62. The second-order valence-electron chi connectivity index (χ2n) is 3.76. The molecule has 1 aromatic rings. The van der Waals surface area contributed by atoms with Crippen molar-refractivity contribution in [2.45, 2.75) is 12.6 Å². The van der Waals surface area contributed by atoms with E-state index in [4.69, 9.17) is 9.84 Å². The van der Waals surface area contributed by atoms with Gasteiger partial charge in [-0.25, -0.2) is 9.18 Å². The lowest BCUT2D eigenvalue weighted by atomic mass is 10.3. The first kappa shape index (κ1) is 11.6. The smallest absolute Gasteiger partial charge is 0.360 e. The molecule has 17 heavy (non-hydrogen) atoms. The molecule has 1 aromatic heterocycles. The van der Waals surface area contributed by atoms with Gasteiger partial charge in [0, 0.05) is 12.6 Å². The van der Waals surface area contributed by atoms with Gasteiger partial charge >= 0.3 is 5.97 Å². The van der Waals surface area contributed by atoms with Crippen LogP contribution in [0.1, 0.15) is 16.9 Å². The highest BCUT2D eigenvalue weighted by Crippen LogP contribution is 2.24. The second kappa shape index (κ2) is 4.52. The van der Waals surface area contributed by atoms with Crippen LogP contribution in [0.15, 0.2) is 6.07 Å². The first-order valence-corrected chi connectivity index (χ1v) is 5.16. The van der Waals surface area contributed by atoms with Crippen molar-refractivity contribution in [3.8, 4) is 5.75 Å². The summed E-state index contributed by atoms with van der Waals surface area (Å²) in [4.78, 5) is 12.5. The number of nitrogens with zero attached hydrogens (tertiary/aromatic N) is 3. The minimum Gasteiger partial charge on any atom is -0.494 e. The lowest BCUT2D eigenvalue weighted by Gasteiger charge is -2.16. The Morgan fingerprint density at radius 3 is 2.94 bits per heavy atom. The molecule has 1 atom stereocenters. The number of alkyl halides is 1. The molecule has 0 unspecified atom stereocenters. The van der Waals surface area contributed by atoms with Gasteiger partial charge in [0.15, 0.2) is 11.6 Å². The number of carboxylic acid groups (broad SMARTS) is 1. The van der Waals surface area contributed by atoms with Gasteiger partial charge in [0.2, 0.25) is 5.69 Å². The fraction of sp³-hybridized carbons (Fsp3) is 0.500. The highest BCUT2D eigenvalue weighted by atomic mass is 19.1. The number of hydrogen-bond acceptors (Lipinski definition) is 5. The molecule has 0 radical (unpaired) electrons. The van der Waals surface area contributed by atoms with E-state index in [2.05, 4.69) is 10.2 Å². The van der Waals surface area contributed by atoms with E-state index in [0.29, 0.717) is 18.8 Å². The molecular formula is C10H12FN3O3. The SMILES string of the molecule is COc1cc(N2CC[C@H](F)C2)nnc1C(=O)O. The van der Waals surface area contributed by atoms with Gasteiger partial charge in [-0.3, -0.25) is 0 Å². The number of carboxylic acids is 1. The summed E-state index contributed by atoms with van der Waals surface area (Å²) < 4.78 is 18.0. The Kier molecular flexibility index (Phi) is 3.08. The Morgan fingerprint density at radius 1 is 1.65 bits per heavy atom. The normalized spacial score (nSPS) is 19.4. The lowest BCUT2D eigenvalue weighted by Crippen LogP contribution is -2.22. The maximum absolute atomic E-state index is 13.0. The quantitative estimate of drug-likeness (QED) is 0.840. The van der Waals surface area contributed by atoms with Crippen molar-refractivity contribution in [1.29, 1.82) is 0 Å². The summed E-state index contributed by atoms with van der Waals surface area (Å²) in [5.41, 5.74) is -0.243. The predicted octanol–water partition coefficient (Wildman–Crippen LogP) is 0.732. The molecule has 0 aliphatic carbocycles. The van der Waals surface area contributed by atoms with Gasteiger partial charge in [0.1, 0.15) is 6.17 Å². The molecular weight excluding hydrogens is 229 g/mol. The fourth-order valence-corrected chi connectivity index (χ4v) is 1.75. The average molecular weight is 241 g/mol. The number of anilines is 1. The van der Waals surface area contributed by atoms with E-state index < -0.39 is 12.1 Å². The van der Waals surface area contributed by atoms with Crippen LogP contribution < -0.4 is 9.64 Å². The van der Waals surface area contributed by atoms with Crippen LogP contribution in [0.3, 0.4) is 0 Å². The number of methoxy groups -OCH3 is 1. The summed E-state index contributed by atoms with van der Waals surface area (Å²) in [6, 6.07) is 1.47. The average Bonchev–Trinajstić information content (AvgIpc) is 2.75. The molecule has 1 N–H and O–H groups in total. The third kappa shape index (κ3) is 2.27. The fourth-order valence-electron chi connectivity index (χ4n) is 1.75. The zero-order chi connectivity index (χ0) is 12.4. The van der Waals surface area contributed by atoms with Crippen LogP contribution in [0.25, 0.3) is 0 Å². The van der Waals surface area contributed by atoms with Crippen LogP contribution in [0, 0.1) is 0 Å². The lowest BCUT2D eigenvalue weighted by molar-refractivity contribution is 0.0685. The third-order valence-electron chi connectivity index (χ3n) is 2.62. The molecule has 2 rings (SSSR count). The molecule has 1 aliphatic rings. The Morgan fingerprint density at radius 2 is 2.41 bits per heavy atom. The van der Waals surface area contributed by atoms with Crippen LogP contribution in [-0.2, 0) is 0 Å². The molecule has 92 valence electrons. The van der Waals surface area contributed by atoms with Gasteiger partial charge in [-0.15, -0.1) is 10.2 Å². The van der Waals surface area contributed by atoms with Gasteiger partial charge in [0.25, 0.3) is 0 Å². The largest absolute Gasteiger partial charge is 0.494 e. The van der Waals surface area contributed by atoms with Gasteiger partial charge in [-0.05, 0) is 6.42 Å². The predicted molar refractivity (Wildman–Crippen MR) is 57.3 cm³/mol. The summed E-state index contributed by atoms with van der Waals surface area (Å²) in [6.45, 7) is 0.801. The highest BCUT2D eigenvalue weighted by Gasteiger charge is 2.25. The van der Waals surface area contributed by atoms with Crippen molar-refractivity contribution in [3.63, 3.8) is 0 Å². The Bertz CT molecular complexity index is 441. The number of rotatable bonds is 3. The minimum atomic E-state index is -1.20. The second-order valence-corrected chi connectivity index (χ2v) is 3.76. The zero-order valence-electron chi connectivity index (χ0n) is 9.26. The number of aromatic carboxylic acids is 1. The summed E-state index contributed by atoms with van der Waals surface area (Å²) in [6.07, 6.45) is -0.424. The maximum atomic E-state index is 13.0. The van der Waals surface area contributed by atoms with Gasteiger partial charge in [0.05, 0.1) is 13.7 Å². The monoisotopic (exact) mass is 241 g/mol. The standard InChI is InChI=1S/C10H12FN3O3/c1-17-7-4-8(12-13-9(7)10(15)16)14-3-2-6(11)5-14/h4,6H,2-3,5H2,1H3,(H,15,16)/t6-/m0/s1. The van der Waals surface area contributed by atoms with Crippen molar-refractivity contribution in [1.82, 2.24) is 10.2 Å². The van der Waals surface area contributed by atoms with Crippen LogP contribution in [-0.4, -0.2) is 47.6 Å². The molecule has 1 aliphatic heterocycles. The summed E-state index contributed by atoms with van der Waals surface area (Å²) in [5.74, 6) is -0.637. The van der Waals surface area contributed by atoms with Crippen LogP contribution >= 0.6 is 0 Å². The van der Waals surface area contributed by atoms with Crippen molar-refractivity contribution < 1.29 is 19.0 Å². The van der Waals surface area contributed by atoms with Crippen LogP contribution in [0.4, 0.5) is 10.2 Å². The van der Waals surface area contributed by atoms with Gasteiger partial charge in [-0.1, -0.05) is 0 Å². The first-order valence-electron chi connectivity index (χ1n) is 5.16. The molecule has 1 saturated heterocycles. The molecule has 2 heterocycles. The van der Waals surface area contributed by atoms with E-state index in [1.165, 1.54) is 13.2 Å². The number of carbonyl (C=O) groups is 1. The summed E-state index contributed by atoms with van der Waals surface area (Å²) in [5, 5.41) is 16.2. The molecule has 6 nitrogen and oxygen atoms in total. The zero-order valence-corrected chi connectivity index (χ0v) is 9.26. The van der Waals surface area contributed by atoms with Crippen LogP contribution in [0.2, 0.25) is 0 Å². The van der Waals surface area contributed by atoms with E-state index in [9.17, 15) is 9.18 Å². The van der Waals surface area contributed by atoms with E-state index in [1.54, 1.807) is 4.90 Å². The molecule has 1 fully saturated rings. The van der Waals surface area contributed by atoms with E-state index in [1.807, 2.05) is 0 Å². The number of hydrogen-bond donors (Lipinski definition) is 1. The van der Waals surface area contributed by atoms with Crippen molar-refractivity contribution in [2.24, 2.45) is 0 Å². The van der Waals surface area contributed by atoms with E-state index in [0.717, 1.165) is 0 Å². The molecule has 0 bridgehead atoms. The Hall–Kier alpha value is -1.92. The van der Waals surface area contributed by atoms with Crippen molar-refractivity contribution in [3.05, 3.63) is 11.8 Å². The Labute approximate surface area is 97.0 Å². The molecule has 0 spiro atoms. The topological polar surface area (TPSA) is 75.5 Å². The molecule has 0 amide bonds. The Balaban J connectivity index is 2.28. The number of halogens is 1. The molecule has 0 saturated carbocycles. The number of aromatic nitrogens is 2. The first-order chi connectivity index (χ1) is 8.11. The molecule has 0 aromatic carbocycles. The van der Waals surface area contributed by atoms with Gasteiger partial charge < -0.3 is 14.7 Å². The van der Waals surface area contributed by atoms with Crippen molar-refractivity contribution >= 4 is 11.8 Å². The number of ether oxygens (including phenoxy) is 1. The van der Waals surface area contributed by atoms with Gasteiger partial charge in [-0.2, -0.15) is 0 Å². The molecule has 7 heteroatoms. The maximum Gasteiger partial charge on any atom is 0.360 e. The van der Waals surface area contributed by atoms with E-state index in [-0.39, 0.29) is 18.0 Å².